The van der Waals surface area contributed by atoms with Crippen molar-refractivity contribution in [3.05, 3.63) is 30.3 Å². The molecule has 1 N–H and O–H groups in total. The molecule has 0 amide bonds. The van der Waals surface area contributed by atoms with Crippen LogP contribution in [0, 0.1) is 0 Å². The monoisotopic (exact) mass is 758 g/mol. The van der Waals surface area contributed by atoms with Gasteiger partial charge in [-0.05, 0) is 12.1 Å². The molecule has 0 atom stereocenters. The highest BCUT2D eigenvalue weighted by molar-refractivity contribution is 7.86. The minimum absolute atomic E-state index is 0.00951. The molecular weight excluding hydrogens is 700 g/mol. The number of hydrogen-bond acceptors (Lipinski definition) is 16. The molecule has 0 fully saturated rings. The molecule has 0 spiro atoms. The van der Waals surface area contributed by atoms with Gasteiger partial charge in [-0.15, -0.1) is 0 Å². The number of carboxylic acids is 1. The fraction of sp³-hybridized carbons (Fsp3) is 0.788. The Morgan fingerprint density at radius 3 is 0.882 bits per heavy atom. The van der Waals surface area contributed by atoms with Crippen LogP contribution in [0.1, 0.15) is 6.42 Å². The van der Waals surface area contributed by atoms with Crippen LogP contribution in [0.3, 0.4) is 0 Å². The number of carbonyl (C=O) groups is 1. The summed E-state index contributed by atoms with van der Waals surface area (Å²) < 4.78 is 93.6. The van der Waals surface area contributed by atoms with Crippen LogP contribution < -0.4 is 0 Å². The van der Waals surface area contributed by atoms with Gasteiger partial charge in [0, 0.05) is 0 Å². The summed E-state index contributed by atoms with van der Waals surface area (Å²) in [6, 6.07) is 7.96. The van der Waals surface area contributed by atoms with Crippen LogP contribution in [0.25, 0.3) is 0 Å². The van der Waals surface area contributed by atoms with E-state index in [1.54, 1.807) is 18.2 Å². The molecule has 1 aromatic rings. The highest BCUT2D eigenvalue weighted by atomic mass is 32.2. The second-order valence-corrected chi connectivity index (χ2v) is 11.7. The smallest absolute Gasteiger partial charge is 0.305 e. The Kier molecular flexibility index (Phi) is 33.7. The zero-order chi connectivity index (χ0) is 36.8. The number of rotatable bonds is 41. The molecule has 0 heterocycles. The largest absolute Gasteiger partial charge is 0.481 e. The van der Waals surface area contributed by atoms with Crippen LogP contribution >= 0.6 is 0 Å². The minimum atomic E-state index is -3.76. The second-order valence-electron chi connectivity index (χ2n) is 10.1. The average molecular weight is 759 g/mol. The van der Waals surface area contributed by atoms with E-state index in [0.29, 0.717) is 145 Å². The summed E-state index contributed by atoms with van der Waals surface area (Å²) in [5.41, 5.74) is 0. The van der Waals surface area contributed by atoms with Crippen LogP contribution in [0.5, 0.6) is 0 Å². The zero-order valence-corrected chi connectivity index (χ0v) is 30.5. The third kappa shape index (κ3) is 33.7. The molecule has 1 rings (SSSR count). The standard InChI is InChI=1S/C33H58O17S/c34-33(35)6-7-38-8-9-39-10-11-40-12-13-41-14-15-42-16-17-43-18-19-44-20-21-45-22-23-46-24-25-47-26-27-48-28-29-49-30-31-50-51(36,37)32-4-2-1-3-5-32/h1-5H,6-31H2,(H,34,35). The van der Waals surface area contributed by atoms with E-state index in [-0.39, 0.29) is 31.1 Å². The van der Waals surface area contributed by atoms with Crippen LogP contribution in [0.15, 0.2) is 35.2 Å². The third-order valence-corrected chi connectivity index (χ3v) is 7.38. The van der Waals surface area contributed by atoms with E-state index in [4.69, 9.17) is 66.1 Å². The molecular formula is C33H58O17S. The number of ether oxygens (including phenoxy) is 12. The quantitative estimate of drug-likeness (QED) is 0.0736. The fourth-order valence-corrected chi connectivity index (χ4v) is 4.45. The van der Waals surface area contributed by atoms with E-state index in [1.165, 1.54) is 12.1 Å². The predicted molar refractivity (Wildman–Crippen MR) is 182 cm³/mol. The number of carboxylic acid groups (broad SMARTS) is 1. The van der Waals surface area contributed by atoms with E-state index in [1.807, 2.05) is 0 Å². The van der Waals surface area contributed by atoms with Crippen LogP contribution in [-0.4, -0.2) is 185 Å². The molecule has 298 valence electrons. The Hall–Kier alpha value is -1.88. The maximum absolute atomic E-state index is 12.0. The molecule has 17 nitrogen and oxygen atoms in total. The van der Waals surface area contributed by atoms with Gasteiger partial charge in [0.25, 0.3) is 10.1 Å². The fourth-order valence-electron chi connectivity index (χ4n) is 3.54. The van der Waals surface area contributed by atoms with E-state index in [0.717, 1.165) is 0 Å². The van der Waals surface area contributed by atoms with Crippen LogP contribution in [0.2, 0.25) is 0 Å². The van der Waals surface area contributed by atoms with Crippen molar-refractivity contribution in [2.45, 2.75) is 11.3 Å². The average Bonchev–Trinajstić information content (AvgIpc) is 3.12. The van der Waals surface area contributed by atoms with Gasteiger partial charge < -0.3 is 61.9 Å². The van der Waals surface area contributed by atoms with E-state index < -0.39 is 16.1 Å². The van der Waals surface area contributed by atoms with Gasteiger partial charge in [0.15, 0.2) is 0 Å². The van der Waals surface area contributed by atoms with Gasteiger partial charge in [-0.25, -0.2) is 0 Å². The molecule has 0 saturated carbocycles. The highest BCUT2D eigenvalue weighted by Crippen LogP contribution is 2.10. The van der Waals surface area contributed by atoms with E-state index in [2.05, 4.69) is 0 Å². The first kappa shape index (κ1) is 47.1. The van der Waals surface area contributed by atoms with Crippen molar-refractivity contribution in [2.24, 2.45) is 0 Å². The summed E-state index contributed by atoms with van der Waals surface area (Å²) in [5.74, 6) is -0.881. The molecule has 0 aliphatic rings. The lowest BCUT2D eigenvalue weighted by molar-refractivity contribution is -0.138. The molecule has 0 aromatic heterocycles. The van der Waals surface area contributed by atoms with Crippen molar-refractivity contribution in [2.75, 3.05) is 165 Å². The molecule has 0 unspecified atom stereocenters. The number of hydrogen-bond donors (Lipinski definition) is 1. The summed E-state index contributed by atoms with van der Waals surface area (Å²) in [6.45, 7) is 9.94. The summed E-state index contributed by atoms with van der Waals surface area (Å²) >= 11 is 0. The number of benzene rings is 1. The molecule has 18 heteroatoms. The maximum Gasteiger partial charge on any atom is 0.305 e. The minimum Gasteiger partial charge on any atom is -0.481 e. The van der Waals surface area contributed by atoms with Crippen molar-refractivity contribution in [3.63, 3.8) is 0 Å². The Labute approximate surface area is 302 Å². The lowest BCUT2D eigenvalue weighted by Gasteiger charge is -2.09. The first-order valence-electron chi connectivity index (χ1n) is 17.1. The van der Waals surface area contributed by atoms with Gasteiger partial charge in [0.1, 0.15) is 0 Å². The molecule has 0 aliphatic carbocycles. The highest BCUT2D eigenvalue weighted by Gasteiger charge is 2.13. The van der Waals surface area contributed by atoms with Crippen molar-refractivity contribution in [1.82, 2.24) is 0 Å². The first-order valence-corrected chi connectivity index (χ1v) is 18.5. The van der Waals surface area contributed by atoms with Crippen molar-refractivity contribution < 1.29 is 79.3 Å². The van der Waals surface area contributed by atoms with Gasteiger partial charge in [-0.2, -0.15) is 8.42 Å². The van der Waals surface area contributed by atoms with Gasteiger partial charge in [-0.3, -0.25) is 8.98 Å². The third-order valence-electron chi connectivity index (χ3n) is 6.05. The lowest BCUT2D eigenvalue weighted by Crippen LogP contribution is -2.16. The Morgan fingerprint density at radius 1 is 0.392 bits per heavy atom. The molecule has 0 saturated heterocycles. The summed E-state index contributed by atoms with van der Waals surface area (Å²) in [6.07, 6.45) is -0.00951. The van der Waals surface area contributed by atoms with Crippen LogP contribution in [0.4, 0.5) is 0 Å². The number of aliphatic carboxylic acids is 1. The van der Waals surface area contributed by atoms with Crippen LogP contribution in [-0.2, 0) is 75.9 Å². The predicted octanol–water partition coefficient (Wildman–Crippen LogP) is 1.07. The van der Waals surface area contributed by atoms with Crippen molar-refractivity contribution in [1.29, 1.82) is 0 Å². The summed E-state index contributed by atoms with van der Waals surface area (Å²) in [5, 5.41) is 8.49. The zero-order valence-electron chi connectivity index (χ0n) is 29.7. The molecule has 1 aromatic carbocycles. The Balaban J connectivity index is 1.65. The Morgan fingerprint density at radius 2 is 0.627 bits per heavy atom. The van der Waals surface area contributed by atoms with Gasteiger partial charge in [0.2, 0.25) is 0 Å². The molecule has 51 heavy (non-hydrogen) atoms. The normalized spacial score (nSPS) is 11.8. The topological polar surface area (TPSA) is 191 Å². The van der Waals surface area contributed by atoms with Gasteiger partial charge in [0.05, 0.1) is 176 Å². The molecule has 0 bridgehead atoms. The molecule has 0 aliphatic heterocycles. The first-order chi connectivity index (χ1) is 25.0. The van der Waals surface area contributed by atoms with Crippen molar-refractivity contribution in [3.8, 4) is 0 Å². The van der Waals surface area contributed by atoms with Gasteiger partial charge in [-0.1, -0.05) is 18.2 Å². The molecule has 0 radical (unpaired) electrons. The SMILES string of the molecule is O=C(O)CCOCCOCCOCCOCCOCCOCCOCCOCCOCCOCCOCCOCCOS(=O)(=O)c1ccccc1. The Bertz CT molecular complexity index is 987. The summed E-state index contributed by atoms with van der Waals surface area (Å²) in [4.78, 5) is 10.5. The van der Waals surface area contributed by atoms with E-state index in [9.17, 15) is 13.2 Å². The maximum atomic E-state index is 12.0. The second kappa shape index (κ2) is 36.5. The van der Waals surface area contributed by atoms with Gasteiger partial charge >= 0.3 is 5.97 Å². The lowest BCUT2D eigenvalue weighted by atomic mass is 10.4. The van der Waals surface area contributed by atoms with Crippen molar-refractivity contribution >= 4 is 16.1 Å². The summed E-state index contributed by atoms with van der Waals surface area (Å²) in [7, 11) is -3.76. The van der Waals surface area contributed by atoms with E-state index >= 15 is 0 Å².